The van der Waals surface area contributed by atoms with E-state index in [9.17, 15) is 4.79 Å². The number of amides is 1. The molecule has 31 heavy (non-hydrogen) atoms. The number of hydrogen-bond acceptors (Lipinski definition) is 6. The Morgan fingerprint density at radius 3 is 2.26 bits per heavy atom. The molecule has 3 aromatic carbocycles. The maximum atomic E-state index is 12.4. The lowest BCUT2D eigenvalue weighted by atomic mass is 10.2. The van der Waals surface area contributed by atoms with Crippen LogP contribution in [0.4, 0.5) is 11.4 Å². The molecule has 0 bridgehead atoms. The molecule has 0 unspecified atom stereocenters. The largest absolute Gasteiger partial charge is 0.497 e. The van der Waals surface area contributed by atoms with Gasteiger partial charge in [-0.1, -0.05) is 24.3 Å². The summed E-state index contributed by atoms with van der Waals surface area (Å²) in [6.07, 6.45) is 0. The summed E-state index contributed by atoms with van der Waals surface area (Å²) in [6.45, 7) is 0.932. The van der Waals surface area contributed by atoms with E-state index in [-0.39, 0.29) is 12.5 Å². The first-order valence-electron chi connectivity index (χ1n) is 9.84. The first-order valence-corrected chi connectivity index (χ1v) is 9.84. The van der Waals surface area contributed by atoms with E-state index in [1.807, 2.05) is 54.6 Å². The summed E-state index contributed by atoms with van der Waals surface area (Å²) in [5, 5.41) is 5.92. The minimum absolute atomic E-state index is 0.0843. The fourth-order valence-electron chi connectivity index (χ4n) is 2.82. The Bertz CT molecular complexity index is 979. The Labute approximate surface area is 181 Å². The molecule has 0 atom stereocenters. The van der Waals surface area contributed by atoms with Gasteiger partial charge in [0.05, 0.1) is 26.5 Å². The van der Waals surface area contributed by atoms with Gasteiger partial charge >= 0.3 is 0 Å². The number of anilines is 2. The van der Waals surface area contributed by atoms with Crippen LogP contribution in [0.3, 0.4) is 0 Å². The first-order chi connectivity index (χ1) is 15.2. The molecular formula is C24H26N2O5. The lowest BCUT2D eigenvalue weighted by Gasteiger charge is -2.13. The van der Waals surface area contributed by atoms with E-state index in [1.165, 1.54) is 0 Å². The van der Waals surface area contributed by atoms with Gasteiger partial charge in [0, 0.05) is 17.8 Å². The van der Waals surface area contributed by atoms with Crippen molar-refractivity contribution in [3.63, 3.8) is 0 Å². The zero-order chi connectivity index (χ0) is 21.9. The smallest absolute Gasteiger partial charge is 0.243 e. The highest BCUT2D eigenvalue weighted by molar-refractivity contribution is 5.95. The highest BCUT2D eigenvalue weighted by Gasteiger charge is 2.09. The monoisotopic (exact) mass is 422 g/mol. The van der Waals surface area contributed by atoms with Crippen LogP contribution in [0.5, 0.6) is 23.0 Å². The predicted molar refractivity (Wildman–Crippen MR) is 121 cm³/mol. The third-order valence-corrected chi connectivity index (χ3v) is 4.33. The van der Waals surface area contributed by atoms with Crippen LogP contribution in [-0.4, -0.2) is 39.9 Å². The normalized spacial score (nSPS) is 10.1. The molecule has 0 saturated heterocycles. The third kappa shape index (κ3) is 6.85. The van der Waals surface area contributed by atoms with Crippen LogP contribution in [0.1, 0.15) is 0 Å². The van der Waals surface area contributed by atoms with Crippen LogP contribution in [0.2, 0.25) is 0 Å². The molecule has 2 N–H and O–H groups in total. The van der Waals surface area contributed by atoms with Gasteiger partial charge in [-0.3, -0.25) is 4.79 Å². The fraction of sp³-hybridized carbons (Fsp3) is 0.208. The van der Waals surface area contributed by atoms with Gasteiger partial charge in [0.1, 0.15) is 36.2 Å². The Balaban J connectivity index is 1.47. The average molecular weight is 422 g/mol. The topological polar surface area (TPSA) is 78.1 Å². The van der Waals surface area contributed by atoms with Gasteiger partial charge in [0.15, 0.2) is 0 Å². The molecule has 0 spiro atoms. The molecule has 3 rings (SSSR count). The lowest BCUT2D eigenvalue weighted by Crippen LogP contribution is -2.22. The summed E-state index contributed by atoms with van der Waals surface area (Å²) in [6, 6.07) is 22.2. The second-order valence-corrected chi connectivity index (χ2v) is 6.51. The molecule has 0 aromatic heterocycles. The summed E-state index contributed by atoms with van der Waals surface area (Å²) < 4.78 is 21.8. The number of nitrogens with one attached hydrogen (secondary N) is 2. The molecule has 0 aliphatic carbocycles. The van der Waals surface area contributed by atoms with E-state index in [4.69, 9.17) is 18.9 Å². The van der Waals surface area contributed by atoms with Gasteiger partial charge < -0.3 is 29.6 Å². The Morgan fingerprint density at radius 2 is 1.52 bits per heavy atom. The van der Waals surface area contributed by atoms with Crippen molar-refractivity contribution in [2.24, 2.45) is 0 Å². The van der Waals surface area contributed by atoms with E-state index in [2.05, 4.69) is 10.6 Å². The van der Waals surface area contributed by atoms with Crippen LogP contribution in [-0.2, 0) is 4.79 Å². The zero-order valence-corrected chi connectivity index (χ0v) is 17.6. The molecule has 0 fully saturated rings. The number of benzene rings is 3. The van der Waals surface area contributed by atoms with Gasteiger partial charge in [-0.15, -0.1) is 0 Å². The highest BCUT2D eigenvalue weighted by Crippen LogP contribution is 2.28. The molecule has 3 aromatic rings. The number of ether oxygens (including phenoxy) is 4. The highest BCUT2D eigenvalue weighted by atomic mass is 16.5. The van der Waals surface area contributed by atoms with Crippen molar-refractivity contribution >= 4 is 17.3 Å². The molecule has 0 radical (unpaired) electrons. The van der Waals surface area contributed by atoms with Crippen LogP contribution in [0.25, 0.3) is 0 Å². The number of hydrogen-bond donors (Lipinski definition) is 2. The first kappa shape index (κ1) is 21.8. The minimum atomic E-state index is -0.214. The molecule has 7 heteroatoms. The van der Waals surface area contributed by atoms with E-state index in [0.717, 1.165) is 11.4 Å². The van der Waals surface area contributed by atoms with E-state index in [1.54, 1.807) is 32.4 Å². The Morgan fingerprint density at radius 1 is 0.774 bits per heavy atom. The molecule has 1 amide bonds. The fourth-order valence-corrected chi connectivity index (χ4v) is 2.82. The van der Waals surface area contributed by atoms with Gasteiger partial charge in [-0.2, -0.15) is 0 Å². The van der Waals surface area contributed by atoms with Crippen molar-refractivity contribution < 1.29 is 23.7 Å². The lowest BCUT2D eigenvalue weighted by molar-refractivity contribution is -0.114. The molecule has 0 aliphatic rings. The van der Waals surface area contributed by atoms with Crippen LogP contribution in [0, 0.1) is 0 Å². The van der Waals surface area contributed by atoms with Crippen molar-refractivity contribution in [3.8, 4) is 23.0 Å². The molecular weight excluding hydrogens is 396 g/mol. The number of rotatable bonds is 11. The van der Waals surface area contributed by atoms with Gasteiger partial charge in [0.2, 0.25) is 5.91 Å². The van der Waals surface area contributed by atoms with Crippen LogP contribution >= 0.6 is 0 Å². The second kappa shape index (κ2) is 11.3. The van der Waals surface area contributed by atoms with E-state index in [0.29, 0.717) is 36.1 Å². The third-order valence-electron chi connectivity index (χ3n) is 4.33. The average Bonchev–Trinajstić information content (AvgIpc) is 2.81. The molecule has 0 aliphatic heterocycles. The maximum Gasteiger partial charge on any atom is 0.243 e. The zero-order valence-electron chi connectivity index (χ0n) is 17.6. The quantitative estimate of drug-likeness (QED) is 0.451. The predicted octanol–water partition coefficient (Wildman–Crippen LogP) is 4.21. The van der Waals surface area contributed by atoms with Crippen molar-refractivity contribution in [3.05, 3.63) is 72.8 Å². The second-order valence-electron chi connectivity index (χ2n) is 6.51. The minimum Gasteiger partial charge on any atom is -0.497 e. The number of carbonyl (C=O) groups is 1. The SMILES string of the molecule is COc1ccc(OC)c(NC(=O)CNc2cccc(OCCOc3ccccc3)c2)c1. The molecule has 0 saturated carbocycles. The molecule has 7 nitrogen and oxygen atoms in total. The van der Waals surface area contributed by atoms with Crippen LogP contribution in [0.15, 0.2) is 72.8 Å². The van der Waals surface area contributed by atoms with Crippen molar-refractivity contribution in [1.29, 1.82) is 0 Å². The van der Waals surface area contributed by atoms with Gasteiger partial charge in [0.25, 0.3) is 0 Å². The summed E-state index contributed by atoms with van der Waals surface area (Å²) in [5.74, 6) is 2.47. The molecule has 0 heterocycles. The van der Waals surface area contributed by atoms with Crippen molar-refractivity contribution in [2.75, 3.05) is 44.6 Å². The summed E-state index contributed by atoms with van der Waals surface area (Å²) in [5.41, 5.74) is 1.32. The summed E-state index contributed by atoms with van der Waals surface area (Å²) in [4.78, 5) is 12.4. The number of carbonyl (C=O) groups excluding carboxylic acids is 1. The van der Waals surface area contributed by atoms with Gasteiger partial charge in [-0.25, -0.2) is 0 Å². The standard InChI is InChI=1S/C24H26N2O5/c1-28-20-11-12-23(29-2)22(16-20)26-24(27)17-25-18-7-6-10-21(15-18)31-14-13-30-19-8-4-3-5-9-19/h3-12,15-16,25H,13-14,17H2,1-2H3,(H,26,27). The molecule has 162 valence electrons. The Hall–Kier alpha value is -3.87. The summed E-state index contributed by atoms with van der Waals surface area (Å²) >= 11 is 0. The maximum absolute atomic E-state index is 12.4. The number of methoxy groups -OCH3 is 2. The van der Waals surface area contributed by atoms with E-state index < -0.39 is 0 Å². The van der Waals surface area contributed by atoms with Crippen molar-refractivity contribution in [1.82, 2.24) is 0 Å². The van der Waals surface area contributed by atoms with Gasteiger partial charge in [-0.05, 0) is 36.4 Å². The van der Waals surface area contributed by atoms with Crippen molar-refractivity contribution in [2.45, 2.75) is 0 Å². The van der Waals surface area contributed by atoms with Crippen LogP contribution < -0.4 is 29.6 Å². The Kier molecular flexibility index (Phi) is 7.99. The number of para-hydroxylation sites is 1. The van der Waals surface area contributed by atoms with E-state index >= 15 is 0 Å². The summed E-state index contributed by atoms with van der Waals surface area (Å²) in [7, 11) is 3.12.